The molecule has 24 heavy (non-hydrogen) atoms. The lowest BCUT2D eigenvalue weighted by atomic mass is 10.0. The fourth-order valence-electron chi connectivity index (χ4n) is 2.11. The smallest absolute Gasteiger partial charge is 0.251 e. The van der Waals surface area contributed by atoms with E-state index in [1.54, 1.807) is 24.3 Å². The number of amides is 2. The van der Waals surface area contributed by atoms with Gasteiger partial charge in [-0.2, -0.15) is 0 Å². The third-order valence-electron chi connectivity index (χ3n) is 3.45. The maximum atomic E-state index is 12.9. The zero-order chi connectivity index (χ0) is 17.7. The van der Waals surface area contributed by atoms with Crippen LogP contribution in [0.2, 0.25) is 5.02 Å². The van der Waals surface area contributed by atoms with E-state index in [9.17, 15) is 14.0 Å². The van der Waals surface area contributed by atoms with Crippen LogP contribution in [-0.2, 0) is 4.79 Å². The average molecular weight is 349 g/mol. The Morgan fingerprint density at radius 3 is 2.12 bits per heavy atom. The van der Waals surface area contributed by atoms with Gasteiger partial charge < -0.3 is 10.6 Å². The fourth-order valence-corrected chi connectivity index (χ4v) is 2.24. The molecular formula is C18H18ClFN2O2. The highest BCUT2D eigenvalue weighted by atomic mass is 35.5. The zero-order valence-electron chi connectivity index (χ0n) is 13.3. The molecule has 0 spiro atoms. The number of hydrogen-bond acceptors (Lipinski definition) is 2. The van der Waals surface area contributed by atoms with Gasteiger partial charge in [0.2, 0.25) is 5.91 Å². The molecule has 2 aromatic rings. The van der Waals surface area contributed by atoms with Crippen molar-refractivity contribution in [3.8, 4) is 0 Å². The van der Waals surface area contributed by atoms with Gasteiger partial charge in [0.1, 0.15) is 11.9 Å². The first kappa shape index (κ1) is 17.9. The minimum atomic E-state index is -0.724. The van der Waals surface area contributed by atoms with Crippen LogP contribution in [-0.4, -0.2) is 17.9 Å². The summed E-state index contributed by atoms with van der Waals surface area (Å²) in [7, 11) is 0. The molecular weight excluding hydrogens is 331 g/mol. The molecule has 0 aliphatic heterocycles. The van der Waals surface area contributed by atoms with Gasteiger partial charge in [0.05, 0.1) is 0 Å². The van der Waals surface area contributed by atoms with Crippen LogP contribution in [0.25, 0.3) is 0 Å². The van der Waals surface area contributed by atoms with Gasteiger partial charge in [-0.05, 0) is 54.4 Å². The summed E-state index contributed by atoms with van der Waals surface area (Å²) in [6.07, 6.45) is 0. The van der Waals surface area contributed by atoms with Gasteiger partial charge in [-0.25, -0.2) is 4.39 Å². The summed E-state index contributed by atoms with van der Waals surface area (Å²) in [5, 5.41) is 5.92. The molecule has 0 aliphatic carbocycles. The van der Waals surface area contributed by atoms with Gasteiger partial charge >= 0.3 is 0 Å². The summed E-state index contributed by atoms with van der Waals surface area (Å²) >= 11 is 5.80. The van der Waals surface area contributed by atoms with E-state index in [0.717, 1.165) is 0 Å². The van der Waals surface area contributed by atoms with Crippen molar-refractivity contribution < 1.29 is 14.0 Å². The van der Waals surface area contributed by atoms with E-state index in [0.29, 0.717) is 16.3 Å². The van der Waals surface area contributed by atoms with Gasteiger partial charge in [-0.15, -0.1) is 0 Å². The minimum Gasteiger partial charge on any atom is -0.340 e. The maximum absolute atomic E-state index is 12.9. The van der Waals surface area contributed by atoms with Crippen LogP contribution in [0.15, 0.2) is 48.5 Å². The van der Waals surface area contributed by atoms with E-state index in [1.807, 2.05) is 13.8 Å². The van der Waals surface area contributed by atoms with Crippen molar-refractivity contribution >= 4 is 29.1 Å². The van der Waals surface area contributed by atoms with Gasteiger partial charge in [0, 0.05) is 16.3 Å². The molecule has 2 rings (SSSR count). The first-order chi connectivity index (χ1) is 11.4. The molecule has 0 saturated carbocycles. The highest BCUT2D eigenvalue weighted by molar-refractivity contribution is 6.30. The number of carbonyl (C=O) groups excluding carboxylic acids is 2. The Balaban J connectivity index is 2.07. The Morgan fingerprint density at radius 2 is 1.58 bits per heavy atom. The fraction of sp³-hybridized carbons (Fsp3) is 0.222. The molecule has 0 aromatic heterocycles. The first-order valence-electron chi connectivity index (χ1n) is 7.49. The van der Waals surface area contributed by atoms with Gasteiger partial charge in [-0.3, -0.25) is 9.59 Å². The van der Waals surface area contributed by atoms with Crippen molar-refractivity contribution in [1.29, 1.82) is 0 Å². The number of halogens is 2. The largest absolute Gasteiger partial charge is 0.340 e. The van der Waals surface area contributed by atoms with Crippen LogP contribution in [0.3, 0.4) is 0 Å². The molecule has 126 valence electrons. The molecule has 0 heterocycles. The molecule has 2 aromatic carbocycles. The number of benzene rings is 2. The second-order valence-corrected chi connectivity index (χ2v) is 6.13. The third-order valence-corrected chi connectivity index (χ3v) is 3.71. The summed E-state index contributed by atoms with van der Waals surface area (Å²) < 4.78 is 12.9. The Labute approximate surface area is 145 Å². The standard InChI is InChI=1S/C18H18ClFN2O2/c1-11(2)16(18(24)21-15-9-7-14(20)8-10-15)22-17(23)12-3-5-13(19)6-4-12/h3-11,16H,1-2H3,(H,21,24)(H,22,23). The summed E-state index contributed by atoms with van der Waals surface area (Å²) in [5.41, 5.74) is 0.882. The summed E-state index contributed by atoms with van der Waals surface area (Å²) in [6.45, 7) is 3.66. The van der Waals surface area contributed by atoms with Crippen molar-refractivity contribution in [3.05, 3.63) is 64.9 Å². The van der Waals surface area contributed by atoms with Crippen LogP contribution < -0.4 is 10.6 Å². The summed E-state index contributed by atoms with van der Waals surface area (Å²) in [6, 6.07) is 11.1. The predicted molar refractivity (Wildman–Crippen MR) is 92.6 cm³/mol. The topological polar surface area (TPSA) is 58.2 Å². The zero-order valence-corrected chi connectivity index (χ0v) is 14.1. The molecule has 4 nitrogen and oxygen atoms in total. The van der Waals surface area contributed by atoms with Crippen molar-refractivity contribution in [1.82, 2.24) is 5.32 Å². The Kier molecular flexibility index (Phi) is 5.93. The highest BCUT2D eigenvalue weighted by Gasteiger charge is 2.24. The quantitative estimate of drug-likeness (QED) is 0.861. The second kappa shape index (κ2) is 7.93. The molecule has 0 fully saturated rings. The normalized spacial score (nSPS) is 11.9. The Hall–Kier alpha value is -2.40. The average Bonchev–Trinajstić information content (AvgIpc) is 2.54. The van der Waals surface area contributed by atoms with Gasteiger partial charge in [0.15, 0.2) is 0 Å². The van der Waals surface area contributed by atoms with E-state index in [2.05, 4.69) is 10.6 Å². The molecule has 6 heteroatoms. The molecule has 0 saturated heterocycles. The van der Waals surface area contributed by atoms with E-state index < -0.39 is 6.04 Å². The molecule has 1 unspecified atom stereocenters. The molecule has 0 aliphatic rings. The lowest BCUT2D eigenvalue weighted by Gasteiger charge is -2.21. The maximum Gasteiger partial charge on any atom is 0.251 e. The van der Waals surface area contributed by atoms with Crippen LogP contribution in [0.4, 0.5) is 10.1 Å². The van der Waals surface area contributed by atoms with Crippen LogP contribution in [0.1, 0.15) is 24.2 Å². The van der Waals surface area contributed by atoms with Crippen molar-refractivity contribution in [2.75, 3.05) is 5.32 Å². The van der Waals surface area contributed by atoms with Crippen molar-refractivity contribution in [2.45, 2.75) is 19.9 Å². The Morgan fingerprint density at radius 1 is 1.00 bits per heavy atom. The summed E-state index contributed by atoms with van der Waals surface area (Å²) in [4.78, 5) is 24.7. The molecule has 2 amide bonds. The predicted octanol–water partition coefficient (Wildman–Crippen LogP) is 3.87. The highest BCUT2D eigenvalue weighted by Crippen LogP contribution is 2.13. The van der Waals surface area contributed by atoms with Gasteiger partial charge in [-0.1, -0.05) is 25.4 Å². The monoisotopic (exact) mass is 348 g/mol. The van der Waals surface area contributed by atoms with Crippen LogP contribution in [0, 0.1) is 11.7 Å². The van der Waals surface area contributed by atoms with E-state index in [1.165, 1.54) is 24.3 Å². The first-order valence-corrected chi connectivity index (χ1v) is 7.87. The third kappa shape index (κ3) is 4.80. The Bertz CT molecular complexity index is 715. The molecule has 1 atom stereocenters. The van der Waals surface area contributed by atoms with E-state index in [4.69, 9.17) is 11.6 Å². The van der Waals surface area contributed by atoms with Crippen LogP contribution >= 0.6 is 11.6 Å². The molecule has 0 radical (unpaired) electrons. The molecule has 0 bridgehead atoms. The van der Waals surface area contributed by atoms with Gasteiger partial charge in [0.25, 0.3) is 5.91 Å². The number of nitrogens with one attached hydrogen (secondary N) is 2. The molecule has 2 N–H and O–H groups in total. The summed E-state index contributed by atoms with van der Waals surface area (Å²) in [5.74, 6) is -1.23. The van der Waals surface area contributed by atoms with Crippen molar-refractivity contribution in [2.24, 2.45) is 5.92 Å². The van der Waals surface area contributed by atoms with E-state index >= 15 is 0 Å². The lowest BCUT2D eigenvalue weighted by Crippen LogP contribution is -2.47. The second-order valence-electron chi connectivity index (χ2n) is 5.70. The van der Waals surface area contributed by atoms with E-state index in [-0.39, 0.29) is 23.5 Å². The van der Waals surface area contributed by atoms with Crippen molar-refractivity contribution in [3.63, 3.8) is 0 Å². The minimum absolute atomic E-state index is 0.123. The van der Waals surface area contributed by atoms with Crippen LogP contribution in [0.5, 0.6) is 0 Å². The number of anilines is 1. The SMILES string of the molecule is CC(C)C(NC(=O)c1ccc(Cl)cc1)C(=O)Nc1ccc(F)cc1. The lowest BCUT2D eigenvalue weighted by molar-refractivity contribution is -0.118. The number of hydrogen-bond donors (Lipinski definition) is 2. The number of carbonyl (C=O) groups is 2. The number of rotatable bonds is 5.